The van der Waals surface area contributed by atoms with E-state index in [1.807, 2.05) is 6.07 Å². The minimum atomic E-state index is 0.667. The monoisotopic (exact) mass is 286 g/mol. The Labute approximate surface area is 127 Å². The molecule has 2 aromatic rings. The quantitative estimate of drug-likeness (QED) is 0.840. The molecule has 0 atom stereocenters. The number of para-hydroxylation sites is 1. The second-order valence-electron chi connectivity index (χ2n) is 6.67. The summed E-state index contributed by atoms with van der Waals surface area (Å²) in [5.41, 5.74) is 2.34. The first-order chi connectivity index (χ1) is 10.1. The van der Waals surface area contributed by atoms with E-state index in [-0.39, 0.29) is 0 Å². The second-order valence-corrected chi connectivity index (χ2v) is 6.67. The van der Waals surface area contributed by atoms with Gasteiger partial charge in [0.25, 0.3) is 0 Å². The average Bonchev–Trinajstić information content (AvgIpc) is 3.24. The highest BCUT2D eigenvalue weighted by molar-refractivity contribution is 5.82. The predicted octanol–water partition coefficient (Wildman–Crippen LogP) is 3.77. The van der Waals surface area contributed by atoms with Gasteiger partial charge in [-0.3, -0.25) is 4.90 Å². The second kappa shape index (κ2) is 6.20. The molecule has 3 nitrogen and oxygen atoms in total. The Morgan fingerprint density at radius 3 is 2.76 bits per heavy atom. The van der Waals surface area contributed by atoms with Crippen molar-refractivity contribution in [2.24, 2.45) is 5.92 Å². The Bertz CT molecular complexity index is 598. The van der Waals surface area contributed by atoms with E-state index in [1.165, 1.54) is 23.8 Å². The van der Waals surface area contributed by atoms with Gasteiger partial charge in [-0.15, -0.1) is 0 Å². The highest BCUT2D eigenvalue weighted by Gasteiger charge is 2.27. The Morgan fingerprint density at radius 2 is 2.05 bits per heavy atom. The minimum absolute atomic E-state index is 0.667. The SMILES string of the molecule is CC(C)CNCc1c(CN(C)C2CC2)oc2ccccc12. The van der Waals surface area contributed by atoms with Crippen LogP contribution in [-0.4, -0.2) is 24.5 Å². The third kappa shape index (κ3) is 3.47. The molecule has 1 N–H and O–H groups in total. The van der Waals surface area contributed by atoms with Gasteiger partial charge < -0.3 is 9.73 Å². The molecule has 114 valence electrons. The van der Waals surface area contributed by atoms with Gasteiger partial charge >= 0.3 is 0 Å². The maximum atomic E-state index is 6.12. The third-order valence-electron chi connectivity index (χ3n) is 4.20. The summed E-state index contributed by atoms with van der Waals surface area (Å²) >= 11 is 0. The fourth-order valence-electron chi connectivity index (χ4n) is 2.83. The summed E-state index contributed by atoms with van der Waals surface area (Å²) < 4.78 is 6.12. The van der Waals surface area contributed by atoms with Crippen LogP contribution in [0, 0.1) is 5.92 Å². The van der Waals surface area contributed by atoms with Crippen molar-refractivity contribution in [1.29, 1.82) is 0 Å². The molecule has 0 spiro atoms. The van der Waals surface area contributed by atoms with Crippen LogP contribution in [0.3, 0.4) is 0 Å². The Morgan fingerprint density at radius 1 is 1.29 bits per heavy atom. The van der Waals surface area contributed by atoms with Gasteiger partial charge in [-0.1, -0.05) is 32.0 Å². The van der Waals surface area contributed by atoms with E-state index in [9.17, 15) is 0 Å². The molecule has 1 aromatic carbocycles. The average molecular weight is 286 g/mol. The van der Waals surface area contributed by atoms with Crippen molar-refractivity contribution in [3.05, 3.63) is 35.6 Å². The van der Waals surface area contributed by atoms with E-state index in [1.54, 1.807) is 0 Å². The summed E-state index contributed by atoms with van der Waals surface area (Å²) in [6.07, 6.45) is 2.66. The number of nitrogens with zero attached hydrogens (tertiary/aromatic N) is 1. The molecule has 0 saturated heterocycles. The predicted molar refractivity (Wildman–Crippen MR) is 87.2 cm³/mol. The van der Waals surface area contributed by atoms with E-state index >= 15 is 0 Å². The van der Waals surface area contributed by atoms with Crippen LogP contribution in [0.5, 0.6) is 0 Å². The van der Waals surface area contributed by atoms with Crippen LogP contribution in [0.4, 0.5) is 0 Å². The summed E-state index contributed by atoms with van der Waals surface area (Å²) in [6, 6.07) is 9.15. The van der Waals surface area contributed by atoms with E-state index in [4.69, 9.17) is 4.42 Å². The molecule has 1 fully saturated rings. The minimum Gasteiger partial charge on any atom is -0.459 e. The summed E-state index contributed by atoms with van der Waals surface area (Å²) in [7, 11) is 2.20. The van der Waals surface area contributed by atoms with Gasteiger partial charge in [-0.2, -0.15) is 0 Å². The van der Waals surface area contributed by atoms with E-state index in [2.05, 4.69) is 49.3 Å². The summed E-state index contributed by atoms with van der Waals surface area (Å²) in [5, 5.41) is 4.82. The van der Waals surface area contributed by atoms with Crippen LogP contribution < -0.4 is 5.32 Å². The molecule has 0 unspecified atom stereocenters. The molecule has 0 bridgehead atoms. The van der Waals surface area contributed by atoms with E-state index in [0.717, 1.165) is 37.0 Å². The molecule has 1 aliphatic carbocycles. The lowest BCUT2D eigenvalue weighted by Crippen LogP contribution is -2.22. The number of hydrogen-bond donors (Lipinski definition) is 1. The van der Waals surface area contributed by atoms with Gasteiger partial charge in [0.15, 0.2) is 0 Å². The normalized spacial score (nSPS) is 15.5. The van der Waals surface area contributed by atoms with Crippen LogP contribution in [0.15, 0.2) is 28.7 Å². The molecule has 1 heterocycles. The zero-order valence-corrected chi connectivity index (χ0v) is 13.4. The van der Waals surface area contributed by atoms with Crippen LogP contribution in [-0.2, 0) is 13.1 Å². The number of furan rings is 1. The topological polar surface area (TPSA) is 28.4 Å². The Balaban J connectivity index is 1.82. The summed E-state index contributed by atoms with van der Waals surface area (Å²) in [6.45, 7) is 7.32. The zero-order valence-electron chi connectivity index (χ0n) is 13.4. The maximum Gasteiger partial charge on any atom is 0.134 e. The van der Waals surface area contributed by atoms with Crippen molar-refractivity contribution in [3.63, 3.8) is 0 Å². The van der Waals surface area contributed by atoms with Crippen LogP contribution in [0.25, 0.3) is 11.0 Å². The number of benzene rings is 1. The van der Waals surface area contributed by atoms with Gasteiger partial charge in [0.1, 0.15) is 11.3 Å². The molecule has 21 heavy (non-hydrogen) atoms. The molecular weight excluding hydrogens is 260 g/mol. The van der Waals surface area contributed by atoms with Gasteiger partial charge in [-0.25, -0.2) is 0 Å². The molecule has 0 radical (unpaired) electrons. The van der Waals surface area contributed by atoms with Crippen LogP contribution in [0.1, 0.15) is 38.0 Å². The number of fused-ring (bicyclic) bond motifs is 1. The molecule has 1 aliphatic rings. The molecule has 1 aromatic heterocycles. The van der Waals surface area contributed by atoms with Crippen molar-refractivity contribution in [2.45, 2.75) is 45.8 Å². The first-order valence-electron chi connectivity index (χ1n) is 8.05. The fraction of sp³-hybridized carbons (Fsp3) is 0.556. The number of nitrogens with one attached hydrogen (secondary N) is 1. The number of hydrogen-bond acceptors (Lipinski definition) is 3. The first kappa shape index (κ1) is 14.6. The van der Waals surface area contributed by atoms with Gasteiger partial charge in [-0.05, 0) is 38.4 Å². The smallest absolute Gasteiger partial charge is 0.134 e. The summed E-state index contributed by atoms with van der Waals surface area (Å²) in [5.74, 6) is 1.79. The van der Waals surface area contributed by atoms with E-state index < -0.39 is 0 Å². The molecule has 3 rings (SSSR count). The lowest BCUT2D eigenvalue weighted by Gasteiger charge is -2.15. The molecule has 0 aliphatic heterocycles. The fourth-order valence-corrected chi connectivity index (χ4v) is 2.83. The lowest BCUT2D eigenvalue weighted by atomic mass is 10.1. The van der Waals surface area contributed by atoms with Gasteiger partial charge in [0, 0.05) is 23.5 Å². The van der Waals surface area contributed by atoms with Crippen molar-refractivity contribution in [1.82, 2.24) is 10.2 Å². The van der Waals surface area contributed by atoms with Crippen molar-refractivity contribution in [2.75, 3.05) is 13.6 Å². The highest BCUT2D eigenvalue weighted by atomic mass is 16.3. The van der Waals surface area contributed by atoms with Gasteiger partial charge in [0.2, 0.25) is 0 Å². The molecule has 1 saturated carbocycles. The van der Waals surface area contributed by atoms with Crippen molar-refractivity contribution < 1.29 is 4.42 Å². The Hall–Kier alpha value is -1.32. The first-order valence-corrected chi connectivity index (χ1v) is 8.05. The summed E-state index contributed by atoms with van der Waals surface area (Å²) in [4.78, 5) is 2.42. The maximum absolute atomic E-state index is 6.12. The highest BCUT2D eigenvalue weighted by Crippen LogP contribution is 2.31. The van der Waals surface area contributed by atoms with Crippen molar-refractivity contribution in [3.8, 4) is 0 Å². The standard InChI is InChI=1S/C18H26N2O/c1-13(2)10-19-11-16-15-6-4-5-7-17(15)21-18(16)12-20(3)14-8-9-14/h4-7,13-14,19H,8-12H2,1-3H3. The molecule has 3 heteroatoms. The van der Waals surface area contributed by atoms with Crippen molar-refractivity contribution >= 4 is 11.0 Å². The lowest BCUT2D eigenvalue weighted by molar-refractivity contribution is 0.287. The van der Waals surface area contributed by atoms with E-state index in [0.29, 0.717) is 5.92 Å². The largest absolute Gasteiger partial charge is 0.459 e. The third-order valence-corrected chi connectivity index (χ3v) is 4.20. The van der Waals surface area contributed by atoms with Crippen LogP contribution >= 0.6 is 0 Å². The van der Waals surface area contributed by atoms with Gasteiger partial charge in [0.05, 0.1) is 6.54 Å². The zero-order chi connectivity index (χ0) is 14.8. The molecular formula is C18H26N2O. The Kier molecular flexibility index (Phi) is 4.32. The molecule has 0 amide bonds. The number of rotatable bonds is 7. The van der Waals surface area contributed by atoms with Crippen LogP contribution in [0.2, 0.25) is 0 Å².